The van der Waals surface area contributed by atoms with Crippen LogP contribution in [0.4, 0.5) is 0 Å². The van der Waals surface area contributed by atoms with Gasteiger partial charge >= 0.3 is 0 Å². The Kier molecular flexibility index (Phi) is 1.38. The predicted molar refractivity (Wildman–Crippen MR) is 40.0 cm³/mol. The molecule has 0 bridgehead atoms. The lowest BCUT2D eigenvalue weighted by Gasteiger charge is -2.02. The molecule has 60 valence electrons. The number of fused-ring (bicyclic) bond motifs is 1. The second-order valence-corrected chi connectivity index (χ2v) is 3.78. The molecule has 0 aliphatic heterocycles. The molecular weight excluding hydrogens is 140 g/mol. The fraction of sp³-hybridized carbons (Fsp3) is 0.778. The fourth-order valence-electron chi connectivity index (χ4n) is 2.43. The van der Waals surface area contributed by atoms with Crippen molar-refractivity contribution in [1.29, 1.82) is 0 Å². The highest BCUT2D eigenvalue weighted by Gasteiger charge is 2.47. The largest absolute Gasteiger partial charge is 0.299 e. The number of ketones is 2. The van der Waals surface area contributed by atoms with Crippen LogP contribution in [-0.4, -0.2) is 11.6 Å². The maximum atomic E-state index is 11.4. The van der Waals surface area contributed by atoms with E-state index in [9.17, 15) is 9.59 Å². The molecule has 3 atom stereocenters. The lowest BCUT2D eigenvalue weighted by atomic mass is 9.99. The first-order chi connectivity index (χ1) is 5.20. The third-order valence-corrected chi connectivity index (χ3v) is 3.03. The summed E-state index contributed by atoms with van der Waals surface area (Å²) in [6.07, 6.45) is 2.56. The van der Waals surface area contributed by atoms with Gasteiger partial charge in [0.25, 0.3) is 0 Å². The summed E-state index contributed by atoms with van der Waals surface area (Å²) in [5.41, 5.74) is 0. The number of hydrogen-bond acceptors (Lipinski definition) is 2. The zero-order valence-corrected chi connectivity index (χ0v) is 6.67. The van der Waals surface area contributed by atoms with E-state index in [0.29, 0.717) is 12.3 Å². The van der Waals surface area contributed by atoms with Gasteiger partial charge in [-0.1, -0.05) is 6.92 Å². The number of rotatable bonds is 0. The quantitative estimate of drug-likeness (QED) is 0.488. The Balaban J connectivity index is 2.26. The summed E-state index contributed by atoms with van der Waals surface area (Å²) in [5.74, 6) is 0.770. The highest BCUT2D eigenvalue weighted by Crippen LogP contribution is 2.42. The minimum atomic E-state index is -0.190. The molecule has 0 spiro atoms. The molecule has 0 saturated heterocycles. The Morgan fingerprint density at radius 1 is 1.36 bits per heavy atom. The molecule has 2 nitrogen and oxygen atoms in total. The van der Waals surface area contributed by atoms with Crippen molar-refractivity contribution in [2.45, 2.75) is 26.2 Å². The first kappa shape index (κ1) is 7.01. The van der Waals surface area contributed by atoms with Crippen LogP contribution < -0.4 is 0 Å². The van der Waals surface area contributed by atoms with E-state index in [-0.39, 0.29) is 23.4 Å². The van der Waals surface area contributed by atoms with Crippen LogP contribution in [0.3, 0.4) is 0 Å². The van der Waals surface area contributed by atoms with Gasteiger partial charge in [0.15, 0.2) is 0 Å². The van der Waals surface area contributed by atoms with Crippen molar-refractivity contribution in [2.24, 2.45) is 17.8 Å². The summed E-state index contributed by atoms with van der Waals surface area (Å²) in [6, 6.07) is 0. The smallest absolute Gasteiger partial charge is 0.146 e. The topological polar surface area (TPSA) is 34.1 Å². The van der Waals surface area contributed by atoms with Crippen LogP contribution in [0.1, 0.15) is 26.2 Å². The standard InChI is InChI=1S/C9H12O2/c1-5-4-6-2-3-7(10)8(6)9(5)11/h5-6,8H,2-4H2,1H3. The SMILES string of the molecule is CC1CC2CCC(=O)C2C1=O. The first-order valence-electron chi connectivity index (χ1n) is 4.26. The Bertz CT molecular complexity index is 220. The Morgan fingerprint density at radius 3 is 2.73 bits per heavy atom. The normalized spacial score (nSPS) is 43.2. The number of hydrogen-bond donors (Lipinski definition) is 0. The van der Waals surface area contributed by atoms with Crippen LogP contribution >= 0.6 is 0 Å². The molecule has 0 heterocycles. The molecule has 0 aromatic carbocycles. The monoisotopic (exact) mass is 152 g/mol. The van der Waals surface area contributed by atoms with E-state index in [1.807, 2.05) is 6.92 Å². The minimum Gasteiger partial charge on any atom is -0.299 e. The van der Waals surface area contributed by atoms with Crippen molar-refractivity contribution >= 4 is 11.6 Å². The molecule has 0 amide bonds. The van der Waals surface area contributed by atoms with Gasteiger partial charge in [-0.25, -0.2) is 0 Å². The van der Waals surface area contributed by atoms with Crippen LogP contribution in [0.2, 0.25) is 0 Å². The van der Waals surface area contributed by atoms with E-state index in [4.69, 9.17) is 0 Å². The van der Waals surface area contributed by atoms with Crippen molar-refractivity contribution < 1.29 is 9.59 Å². The zero-order chi connectivity index (χ0) is 8.01. The predicted octanol–water partition coefficient (Wildman–Crippen LogP) is 1.19. The molecule has 2 fully saturated rings. The lowest BCUT2D eigenvalue weighted by Crippen LogP contribution is -2.19. The van der Waals surface area contributed by atoms with E-state index in [2.05, 4.69) is 0 Å². The van der Waals surface area contributed by atoms with Gasteiger partial charge < -0.3 is 0 Å². The van der Waals surface area contributed by atoms with Gasteiger partial charge in [0.1, 0.15) is 11.6 Å². The van der Waals surface area contributed by atoms with E-state index in [0.717, 1.165) is 12.8 Å². The molecule has 2 aliphatic carbocycles. The van der Waals surface area contributed by atoms with Crippen LogP contribution in [-0.2, 0) is 9.59 Å². The molecule has 3 unspecified atom stereocenters. The van der Waals surface area contributed by atoms with Crippen molar-refractivity contribution in [3.8, 4) is 0 Å². The van der Waals surface area contributed by atoms with E-state index in [1.165, 1.54) is 0 Å². The molecular formula is C9H12O2. The second kappa shape index (κ2) is 2.16. The van der Waals surface area contributed by atoms with Gasteiger partial charge in [-0.05, 0) is 18.8 Å². The third-order valence-electron chi connectivity index (χ3n) is 3.03. The number of Topliss-reactive ketones (excluding diaryl/α,β-unsaturated/α-hetero) is 2. The minimum absolute atomic E-state index is 0.147. The summed E-state index contributed by atoms with van der Waals surface area (Å²) in [5, 5.41) is 0. The number of carbonyl (C=O) groups excluding carboxylic acids is 2. The Morgan fingerprint density at radius 2 is 2.09 bits per heavy atom. The Hall–Kier alpha value is -0.660. The maximum absolute atomic E-state index is 11.4. The summed E-state index contributed by atoms with van der Waals surface area (Å²) < 4.78 is 0. The molecule has 0 aromatic rings. The molecule has 11 heavy (non-hydrogen) atoms. The van der Waals surface area contributed by atoms with Gasteiger partial charge in [0.2, 0.25) is 0 Å². The second-order valence-electron chi connectivity index (χ2n) is 3.78. The van der Waals surface area contributed by atoms with Crippen LogP contribution in [0.15, 0.2) is 0 Å². The maximum Gasteiger partial charge on any atom is 0.146 e. The van der Waals surface area contributed by atoms with Crippen LogP contribution in [0.5, 0.6) is 0 Å². The molecule has 2 rings (SSSR count). The molecule has 2 saturated carbocycles. The van der Waals surface area contributed by atoms with Crippen LogP contribution in [0.25, 0.3) is 0 Å². The van der Waals surface area contributed by atoms with Gasteiger partial charge in [0.05, 0.1) is 5.92 Å². The highest BCUT2D eigenvalue weighted by molar-refractivity contribution is 6.06. The highest BCUT2D eigenvalue weighted by atomic mass is 16.2. The molecule has 0 aromatic heterocycles. The summed E-state index contributed by atoms with van der Waals surface area (Å²) in [7, 11) is 0. The fourth-order valence-corrected chi connectivity index (χ4v) is 2.43. The van der Waals surface area contributed by atoms with Gasteiger partial charge in [-0.3, -0.25) is 9.59 Å². The molecule has 0 N–H and O–H groups in total. The van der Waals surface area contributed by atoms with Crippen molar-refractivity contribution in [1.82, 2.24) is 0 Å². The zero-order valence-electron chi connectivity index (χ0n) is 6.67. The average Bonchev–Trinajstić information content (AvgIpc) is 2.41. The molecule has 0 radical (unpaired) electrons. The van der Waals surface area contributed by atoms with Crippen molar-refractivity contribution in [3.05, 3.63) is 0 Å². The van der Waals surface area contributed by atoms with Gasteiger partial charge in [-0.15, -0.1) is 0 Å². The van der Waals surface area contributed by atoms with Gasteiger partial charge in [-0.2, -0.15) is 0 Å². The van der Waals surface area contributed by atoms with Crippen LogP contribution in [0, 0.1) is 17.8 Å². The van der Waals surface area contributed by atoms with Crippen molar-refractivity contribution in [3.63, 3.8) is 0 Å². The summed E-state index contributed by atoms with van der Waals surface area (Å²) >= 11 is 0. The summed E-state index contributed by atoms with van der Waals surface area (Å²) in [4.78, 5) is 22.6. The first-order valence-corrected chi connectivity index (χ1v) is 4.26. The van der Waals surface area contributed by atoms with Gasteiger partial charge in [0, 0.05) is 12.3 Å². The third kappa shape index (κ3) is 0.849. The number of carbonyl (C=O) groups is 2. The summed E-state index contributed by atoms with van der Waals surface area (Å²) in [6.45, 7) is 1.94. The Labute approximate surface area is 66.0 Å². The lowest BCUT2D eigenvalue weighted by molar-refractivity contribution is -0.131. The molecule has 2 heteroatoms. The van der Waals surface area contributed by atoms with Crippen molar-refractivity contribution in [2.75, 3.05) is 0 Å². The van der Waals surface area contributed by atoms with E-state index >= 15 is 0 Å². The van der Waals surface area contributed by atoms with E-state index < -0.39 is 0 Å². The average molecular weight is 152 g/mol. The van der Waals surface area contributed by atoms with E-state index in [1.54, 1.807) is 0 Å². The molecule has 2 aliphatic rings.